The Bertz CT molecular complexity index is 689. The van der Waals surface area contributed by atoms with E-state index >= 15 is 0 Å². The Labute approximate surface area is 169 Å². The summed E-state index contributed by atoms with van der Waals surface area (Å²) >= 11 is 39.2. The molecule has 0 spiro atoms. The van der Waals surface area contributed by atoms with Crippen LogP contribution in [0.5, 0.6) is 0 Å². The van der Waals surface area contributed by atoms with E-state index in [1.165, 1.54) is 0 Å². The van der Waals surface area contributed by atoms with Crippen molar-refractivity contribution in [1.29, 1.82) is 0 Å². The van der Waals surface area contributed by atoms with Gasteiger partial charge in [-0.3, -0.25) is 9.59 Å². The fraction of sp³-hybridized carbons (Fsp3) is 0.750. The van der Waals surface area contributed by atoms with Crippen LogP contribution in [0.3, 0.4) is 0 Å². The molecule has 4 fully saturated rings. The molecule has 4 bridgehead atoms. The van der Waals surface area contributed by atoms with E-state index in [-0.39, 0.29) is 39.9 Å². The van der Waals surface area contributed by atoms with Crippen LogP contribution in [0.1, 0.15) is 19.3 Å². The number of alkyl halides is 4. The van der Waals surface area contributed by atoms with Gasteiger partial charge in [0.15, 0.2) is 0 Å². The van der Waals surface area contributed by atoms with Gasteiger partial charge in [0.25, 0.3) is 0 Å². The van der Waals surface area contributed by atoms with Crippen LogP contribution in [0.4, 0.5) is 0 Å². The fourth-order valence-corrected chi connectivity index (χ4v) is 9.15. The van der Waals surface area contributed by atoms with Gasteiger partial charge in [0, 0.05) is 23.7 Å². The molecule has 0 N–H and O–H groups in total. The van der Waals surface area contributed by atoms with Crippen molar-refractivity contribution in [2.45, 2.75) is 33.3 Å². The topological polar surface area (TPSA) is 34.1 Å². The maximum Gasteiger partial charge on any atom is 0.143 e. The number of hydrogen-bond acceptors (Lipinski definition) is 2. The molecular weight excluding hydrogens is 437 g/mol. The second kappa shape index (κ2) is 4.62. The maximum absolute atomic E-state index is 13.4. The number of halogens is 6. The quantitative estimate of drug-likeness (QED) is 0.495. The molecule has 5 rings (SSSR count). The minimum atomic E-state index is -1.19. The van der Waals surface area contributed by atoms with Crippen molar-refractivity contribution in [3.05, 3.63) is 10.1 Å². The van der Waals surface area contributed by atoms with Gasteiger partial charge in [-0.05, 0) is 19.3 Å². The lowest BCUT2D eigenvalue weighted by molar-refractivity contribution is -0.149. The lowest BCUT2D eigenvalue weighted by Crippen LogP contribution is -2.56. The smallest absolute Gasteiger partial charge is 0.143 e. The fourth-order valence-electron chi connectivity index (χ4n) is 6.22. The summed E-state index contributed by atoms with van der Waals surface area (Å²) in [4.78, 5) is 24.4. The first-order chi connectivity index (χ1) is 11.1. The first-order valence-corrected chi connectivity index (χ1v) is 10.2. The second-order valence-electron chi connectivity index (χ2n) is 7.81. The molecule has 0 aliphatic heterocycles. The average molecular weight is 449 g/mol. The molecule has 5 aliphatic carbocycles. The van der Waals surface area contributed by atoms with Crippen molar-refractivity contribution >= 4 is 81.2 Å². The van der Waals surface area contributed by atoms with Crippen molar-refractivity contribution in [3.8, 4) is 0 Å². The van der Waals surface area contributed by atoms with Crippen LogP contribution >= 0.6 is 69.6 Å². The third kappa shape index (κ3) is 1.55. The predicted octanol–water partition coefficient (Wildman–Crippen LogP) is 4.88. The molecule has 8 heteroatoms. The summed E-state index contributed by atoms with van der Waals surface area (Å²) in [5, 5.41) is 0.403. The summed E-state index contributed by atoms with van der Waals surface area (Å²) in [7, 11) is 0. The zero-order chi connectivity index (χ0) is 17.4. The molecule has 0 saturated heterocycles. The predicted molar refractivity (Wildman–Crippen MR) is 95.1 cm³/mol. The van der Waals surface area contributed by atoms with Crippen LogP contribution in [0.2, 0.25) is 0 Å². The monoisotopic (exact) mass is 446 g/mol. The van der Waals surface area contributed by atoms with E-state index < -0.39 is 37.8 Å². The molecule has 0 radical (unpaired) electrons. The van der Waals surface area contributed by atoms with E-state index in [4.69, 9.17) is 69.6 Å². The molecule has 5 aliphatic rings. The largest absolute Gasteiger partial charge is 0.299 e. The number of carbonyl (C=O) groups excluding carboxylic acids is 2. The van der Waals surface area contributed by atoms with Crippen LogP contribution in [-0.2, 0) is 9.59 Å². The third-order valence-corrected chi connectivity index (χ3v) is 10.6. The minimum Gasteiger partial charge on any atom is -0.299 e. The normalized spacial score (nSPS) is 56.9. The molecule has 8 unspecified atom stereocenters. The molecule has 8 atom stereocenters. The molecule has 2 nitrogen and oxygen atoms in total. The molecule has 0 aromatic carbocycles. The maximum atomic E-state index is 13.4. The molecular formula is C16H12Cl6O2. The molecule has 0 heterocycles. The van der Waals surface area contributed by atoms with Gasteiger partial charge in [-0.15, -0.1) is 46.4 Å². The van der Waals surface area contributed by atoms with Crippen LogP contribution in [0, 0.1) is 35.5 Å². The minimum absolute atomic E-state index is 0.0673. The van der Waals surface area contributed by atoms with Gasteiger partial charge in [0.2, 0.25) is 0 Å². The van der Waals surface area contributed by atoms with Crippen LogP contribution in [0.15, 0.2) is 10.1 Å². The van der Waals surface area contributed by atoms with E-state index in [9.17, 15) is 9.59 Å². The Morgan fingerprint density at radius 1 is 0.750 bits per heavy atom. The zero-order valence-electron chi connectivity index (χ0n) is 12.2. The average Bonchev–Trinajstić information content (AvgIpc) is 3.09. The standard InChI is InChI=1S/C16H12Cl6O2/c17-12-13(18)15(20)3-14(12,19)8-9(15)11(24)7-5-2-1-4(16(5,21)22)6(7)10(8)23/h4-9H,1-3H2. The second-order valence-corrected chi connectivity index (χ2v) is 11.4. The molecule has 0 aromatic heterocycles. The van der Waals surface area contributed by atoms with Crippen LogP contribution in [0.25, 0.3) is 0 Å². The van der Waals surface area contributed by atoms with Gasteiger partial charge in [0.1, 0.15) is 15.9 Å². The lowest BCUT2D eigenvalue weighted by Gasteiger charge is -2.45. The van der Waals surface area contributed by atoms with Gasteiger partial charge in [0.05, 0.1) is 31.6 Å². The summed E-state index contributed by atoms with van der Waals surface area (Å²) in [6.07, 6.45) is 1.71. The summed E-state index contributed by atoms with van der Waals surface area (Å²) in [6.45, 7) is 0. The van der Waals surface area contributed by atoms with E-state index in [0.29, 0.717) is 0 Å². The highest BCUT2D eigenvalue weighted by molar-refractivity contribution is 6.53. The third-order valence-electron chi connectivity index (χ3n) is 7.06. The summed E-state index contributed by atoms with van der Waals surface area (Å²) in [5.41, 5.74) is 0. The van der Waals surface area contributed by atoms with E-state index in [0.717, 1.165) is 12.8 Å². The summed E-state index contributed by atoms with van der Waals surface area (Å²) in [6, 6.07) is 0. The Morgan fingerprint density at radius 2 is 1.12 bits per heavy atom. The van der Waals surface area contributed by atoms with E-state index in [1.54, 1.807) is 0 Å². The van der Waals surface area contributed by atoms with Gasteiger partial charge in [-0.2, -0.15) is 0 Å². The zero-order valence-corrected chi connectivity index (χ0v) is 16.7. The van der Waals surface area contributed by atoms with Gasteiger partial charge in [-0.1, -0.05) is 23.2 Å². The highest BCUT2D eigenvalue weighted by Crippen LogP contribution is 2.74. The highest BCUT2D eigenvalue weighted by atomic mass is 35.5. The molecule has 0 amide bonds. The van der Waals surface area contributed by atoms with Gasteiger partial charge in [-0.25, -0.2) is 0 Å². The van der Waals surface area contributed by atoms with Crippen molar-refractivity contribution in [2.24, 2.45) is 35.5 Å². The first kappa shape index (κ1) is 17.0. The molecule has 24 heavy (non-hydrogen) atoms. The summed E-state index contributed by atoms with van der Waals surface area (Å²) < 4.78 is -1.04. The molecule has 0 aromatic rings. The first-order valence-electron chi connectivity index (χ1n) is 7.96. The lowest BCUT2D eigenvalue weighted by atomic mass is 9.59. The molecule has 130 valence electrons. The number of carbonyl (C=O) groups is 2. The Balaban J connectivity index is 1.70. The van der Waals surface area contributed by atoms with Crippen LogP contribution < -0.4 is 0 Å². The van der Waals surface area contributed by atoms with Crippen molar-refractivity contribution in [2.75, 3.05) is 0 Å². The Morgan fingerprint density at radius 3 is 1.50 bits per heavy atom. The number of Topliss-reactive ketones (excluding diaryl/α,β-unsaturated/α-hetero) is 2. The number of hydrogen-bond donors (Lipinski definition) is 0. The number of fused-ring (bicyclic) bond motifs is 10. The van der Waals surface area contributed by atoms with Crippen molar-refractivity contribution in [1.82, 2.24) is 0 Å². The number of ketones is 2. The SMILES string of the molecule is O=C1C2C(C(=O)C3C1C1(Cl)CC3(Cl)C(Cl)=C1Cl)C1CCC2C1(Cl)Cl. The van der Waals surface area contributed by atoms with E-state index in [1.807, 2.05) is 0 Å². The molecule has 4 saturated carbocycles. The number of rotatable bonds is 0. The Kier molecular flexibility index (Phi) is 3.26. The number of allylic oxidation sites excluding steroid dienone is 2. The van der Waals surface area contributed by atoms with Crippen LogP contribution in [-0.4, -0.2) is 25.6 Å². The van der Waals surface area contributed by atoms with Crippen molar-refractivity contribution in [3.63, 3.8) is 0 Å². The summed E-state index contributed by atoms with van der Waals surface area (Å²) in [5.74, 6) is -3.01. The van der Waals surface area contributed by atoms with Crippen molar-refractivity contribution < 1.29 is 9.59 Å². The van der Waals surface area contributed by atoms with Gasteiger partial charge < -0.3 is 0 Å². The van der Waals surface area contributed by atoms with Gasteiger partial charge >= 0.3 is 0 Å². The Hall–Kier alpha value is 0.820. The highest BCUT2D eigenvalue weighted by Gasteiger charge is 2.79. The van der Waals surface area contributed by atoms with E-state index in [2.05, 4.69) is 0 Å².